The lowest BCUT2D eigenvalue weighted by Crippen LogP contribution is -2.48. The molecule has 2 saturated heterocycles. The minimum Gasteiger partial charge on any atom is -0.412 e. The first kappa shape index (κ1) is 15.4. The molecular formula is C17H27N3O3. The van der Waals surface area contributed by atoms with Crippen LogP contribution in [0.4, 0.5) is 0 Å². The van der Waals surface area contributed by atoms with Gasteiger partial charge in [-0.2, -0.15) is 0 Å². The van der Waals surface area contributed by atoms with Crippen LogP contribution in [0.3, 0.4) is 0 Å². The average molecular weight is 321 g/mol. The molecule has 0 bridgehead atoms. The Balaban J connectivity index is 1.30. The molecule has 3 aliphatic heterocycles. The van der Waals surface area contributed by atoms with Crippen LogP contribution in [-0.2, 0) is 14.4 Å². The van der Waals surface area contributed by atoms with E-state index in [-0.39, 0.29) is 18.0 Å². The van der Waals surface area contributed by atoms with Crippen LogP contribution in [0.15, 0.2) is 11.8 Å². The number of nitrogens with one attached hydrogen (secondary N) is 2. The first-order valence-electron chi connectivity index (χ1n) is 8.97. The molecule has 0 aromatic heterocycles. The number of hydrogen-bond donors (Lipinski definition) is 2. The van der Waals surface area contributed by atoms with E-state index >= 15 is 0 Å². The van der Waals surface area contributed by atoms with Gasteiger partial charge in [0.2, 0.25) is 5.91 Å². The van der Waals surface area contributed by atoms with Crippen LogP contribution >= 0.6 is 0 Å². The molecule has 23 heavy (non-hydrogen) atoms. The summed E-state index contributed by atoms with van der Waals surface area (Å²) >= 11 is 0. The van der Waals surface area contributed by atoms with Crippen molar-refractivity contribution >= 4 is 5.91 Å². The summed E-state index contributed by atoms with van der Waals surface area (Å²) in [6.45, 7) is 5.97. The molecule has 4 rings (SSSR count). The molecule has 6 nitrogen and oxygen atoms in total. The third kappa shape index (κ3) is 3.39. The van der Waals surface area contributed by atoms with E-state index < -0.39 is 0 Å². The smallest absolute Gasteiger partial charge is 0.244 e. The number of hydrogen-bond acceptors (Lipinski definition) is 5. The van der Waals surface area contributed by atoms with Crippen molar-refractivity contribution in [3.8, 4) is 0 Å². The Bertz CT molecular complexity index is 485. The van der Waals surface area contributed by atoms with Gasteiger partial charge in [0.25, 0.3) is 0 Å². The standard InChI is InChI=1S/C17H27N3O3/c1-11-9-20(13-4-6-22-7-5-13)10-15(11)18-17(21)14-8-16(23-19-14)12-2-3-12/h8,11-15,19H,2-7,9-10H2,1H3,(H,18,21). The fourth-order valence-corrected chi connectivity index (χ4v) is 3.89. The molecule has 2 N–H and O–H groups in total. The van der Waals surface area contributed by atoms with Gasteiger partial charge in [-0.1, -0.05) is 6.92 Å². The highest BCUT2D eigenvalue weighted by molar-refractivity contribution is 5.84. The zero-order valence-corrected chi connectivity index (χ0v) is 13.8. The lowest BCUT2D eigenvalue weighted by Gasteiger charge is -2.31. The maximum absolute atomic E-state index is 12.5. The van der Waals surface area contributed by atoms with E-state index in [0.717, 1.165) is 44.9 Å². The third-order valence-electron chi connectivity index (χ3n) is 5.57. The molecule has 0 spiro atoms. The highest BCUT2D eigenvalue weighted by atomic mass is 16.7. The molecule has 3 atom stereocenters. The van der Waals surface area contributed by atoms with Gasteiger partial charge < -0.3 is 14.9 Å². The number of likely N-dealkylation sites (tertiary alicyclic amines) is 1. The second kappa shape index (κ2) is 6.42. The van der Waals surface area contributed by atoms with Gasteiger partial charge in [-0.3, -0.25) is 9.69 Å². The highest BCUT2D eigenvalue weighted by Gasteiger charge is 2.38. The van der Waals surface area contributed by atoms with Crippen molar-refractivity contribution in [3.05, 3.63) is 11.8 Å². The van der Waals surface area contributed by atoms with Crippen molar-refractivity contribution < 1.29 is 14.4 Å². The maximum Gasteiger partial charge on any atom is 0.244 e. The van der Waals surface area contributed by atoms with E-state index in [0.29, 0.717) is 17.9 Å². The van der Waals surface area contributed by atoms with Crippen molar-refractivity contribution in [1.29, 1.82) is 0 Å². The molecule has 128 valence electrons. The van der Waals surface area contributed by atoms with Gasteiger partial charge in [0.15, 0.2) is 0 Å². The molecule has 6 heteroatoms. The third-order valence-corrected chi connectivity index (χ3v) is 5.57. The van der Waals surface area contributed by atoms with Gasteiger partial charge in [-0.05, 0) is 37.7 Å². The normalized spacial score (nSPS) is 35.9. The molecule has 0 aromatic rings. The van der Waals surface area contributed by atoms with Gasteiger partial charge in [0, 0.05) is 44.3 Å². The van der Waals surface area contributed by atoms with E-state index in [1.807, 2.05) is 6.08 Å². The molecule has 0 aromatic carbocycles. The summed E-state index contributed by atoms with van der Waals surface area (Å²) in [4.78, 5) is 20.5. The Morgan fingerprint density at radius 1 is 1.26 bits per heavy atom. The Labute approximate surface area is 137 Å². The maximum atomic E-state index is 12.5. The molecule has 1 amide bonds. The number of amides is 1. The number of ether oxygens (including phenoxy) is 1. The molecule has 1 aliphatic carbocycles. The zero-order chi connectivity index (χ0) is 15.8. The van der Waals surface area contributed by atoms with E-state index in [1.165, 1.54) is 12.8 Å². The summed E-state index contributed by atoms with van der Waals surface area (Å²) in [7, 11) is 0. The zero-order valence-electron chi connectivity index (χ0n) is 13.8. The van der Waals surface area contributed by atoms with Gasteiger partial charge in [0.1, 0.15) is 11.8 Å². The van der Waals surface area contributed by atoms with E-state index in [9.17, 15) is 4.79 Å². The summed E-state index contributed by atoms with van der Waals surface area (Å²) < 4.78 is 5.45. The van der Waals surface area contributed by atoms with Gasteiger partial charge >= 0.3 is 0 Å². The number of carbonyl (C=O) groups is 1. The van der Waals surface area contributed by atoms with Crippen molar-refractivity contribution in [3.63, 3.8) is 0 Å². The summed E-state index contributed by atoms with van der Waals surface area (Å²) in [6, 6.07) is 0.503. The summed E-state index contributed by atoms with van der Waals surface area (Å²) in [5.41, 5.74) is 2.86. The van der Waals surface area contributed by atoms with E-state index in [4.69, 9.17) is 9.57 Å². The van der Waals surface area contributed by atoms with Crippen molar-refractivity contribution in [2.45, 2.75) is 50.7 Å². The molecule has 1 saturated carbocycles. The molecular weight excluding hydrogens is 294 g/mol. The number of allylic oxidation sites excluding steroid dienone is 1. The van der Waals surface area contributed by atoms with Crippen LogP contribution in [-0.4, -0.2) is 55.2 Å². The Morgan fingerprint density at radius 3 is 2.78 bits per heavy atom. The lowest BCUT2D eigenvalue weighted by atomic mass is 10.1. The summed E-state index contributed by atoms with van der Waals surface area (Å²) in [5.74, 6) is 2.01. The van der Waals surface area contributed by atoms with Crippen molar-refractivity contribution in [2.24, 2.45) is 11.8 Å². The quantitative estimate of drug-likeness (QED) is 0.802. The molecule has 3 fully saturated rings. The van der Waals surface area contributed by atoms with Crippen LogP contribution in [0, 0.1) is 11.8 Å². The lowest BCUT2D eigenvalue weighted by molar-refractivity contribution is -0.124. The summed E-state index contributed by atoms with van der Waals surface area (Å²) in [6.07, 6.45) is 6.53. The SMILES string of the molecule is CC1CN(C2CCOCC2)CC1NC(=O)C1C=C(C2CC2)ON1. The molecule has 0 radical (unpaired) electrons. The number of nitrogens with zero attached hydrogens (tertiary/aromatic N) is 1. The van der Waals surface area contributed by atoms with Crippen molar-refractivity contribution in [1.82, 2.24) is 15.7 Å². The molecule has 3 heterocycles. The van der Waals surface area contributed by atoms with Crippen LogP contribution in [0.2, 0.25) is 0 Å². The fraction of sp³-hybridized carbons (Fsp3) is 0.824. The van der Waals surface area contributed by atoms with Crippen LogP contribution in [0.25, 0.3) is 0 Å². The van der Waals surface area contributed by atoms with Crippen LogP contribution in [0.1, 0.15) is 32.6 Å². The van der Waals surface area contributed by atoms with Crippen molar-refractivity contribution in [2.75, 3.05) is 26.3 Å². The second-order valence-corrected chi connectivity index (χ2v) is 7.43. The first-order valence-corrected chi connectivity index (χ1v) is 8.97. The minimum atomic E-state index is -0.338. The minimum absolute atomic E-state index is 0.0336. The number of hydroxylamine groups is 1. The molecule has 4 aliphatic rings. The van der Waals surface area contributed by atoms with Gasteiger partial charge in [-0.25, -0.2) is 0 Å². The van der Waals surface area contributed by atoms with Crippen LogP contribution in [0.5, 0.6) is 0 Å². The Kier molecular flexibility index (Phi) is 4.30. The van der Waals surface area contributed by atoms with Gasteiger partial charge in [0.05, 0.1) is 0 Å². The number of rotatable bonds is 4. The largest absolute Gasteiger partial charge is 0.412 e. The average Bonchev–Trinajstić information content (AvgIpc) is 3.18. The van der Waals surface area contributed by atoms with E-state index in [1.54, 1.807) is 0 Å². The second-order valence-electron chi connectivity index (χ2n) is 7.43. The van der Waals surface area contributed by atoms with Crippen LogP contribution < -0.4 is 10.8 Å². The predicted octanol–water partition coefficient (Wildman–Crippen LogP) is 0.799. The predicted molar refractivity (Wildman–Crippen MR) is 85.3 cm³/mol. The first-order chi connectivity index (χ1) is 11.2. The topological polar surface area (TPSA) is 62.8 Å². The monoisotopic (exact) mass is 321 g/mol. The summed E-state index contributed by atoms with van der Waals surface area (Å²) in [5, 5.41) is 3.22. The highest BCUT2D eigenvalue weighted by Crippen LogP contribution is 2.38. The number of carbonyl (C=O) groups excluding carboxylic acids is 1. The Hall–Kier alpha value is -1.11. The van der Waals surface area contributed by atoms with E-state index in [2.05, 4.69) is 22.6 Å². The fourth-order valence-electron chi connectivity index (χ4n) is 3.89. The van der Waals surface area contributed by atoms with Gasteiger partial charge in [-0.15, -0.1) is 5.48 Å². The Morgan fingerprint density at radius 2 is 2.04 bits per heavy atom. The molecule has 3 unspecified atom stereocenters.